The van der Waals surface area contributed by atoms with E-state index in [1.807, 2.05) is 41.1 Å². The largest absolute Gasteiger partial charge is 0.493 e. The quantitative estimate of drug-likeness (QED) is 0.421. The molecule has 2 N–H and O–H groups in total. The number of hydrogen-bond acceptors (Lipinski definition) is 6. The average molecular weight is 446 g/mol. The number of methoxy groups -OCH3 is 1. The molecule has 170 valence electrons. The number of anilines is 1. The summed E-state index contributed by atoms with van der Waals surface area (Å²) < 4.78 is 13.4. The van der Waals surface area contributed by atoms with Gasteiger partial charge in [0.05, 0.1) is 38.2 Å². The lowest BCUT2D eigenvalue weighted by Gasteiger charge is -2.16. The van der Waals surface area contributed by atoms with E-state index in [-0.39, 0.29) is 18.1 Å². The predicted octanol–water partition coefficient (Wildman–Crippen LogP) is 4.14. The lowest BCUT2D eigenvalue weighted by atomic mass is 10.1. The molecule has 0 bridgehead atoms. The number of amides is 1. The van der Waals surface area contributed by atoms with Crippen LogP contribution in [0, 0.1) is 0 Å². The SMILES string of the molecule is COc1cc(/C=N/NC(=O)c2cnn3c2NC(c2ccccc2)C3)ccc1OC1CCCC1. The minimum absolute atomic E-state index is 0.0855. The highest BCUT2D eigenvalue weighted by molar-refractivity contribution is 5.99. The summed E-state index contributed by atoms with van der Waals surface area (Å²) in [5, 5.41) is 11.9. The Morgan fingerprint density at radius 3 is 2.79 bits per heavy atom. The molecule has 0 radical (unpaired) electrons. The van der Waals surface area contributed by atoms with Crippen molar-refractivity contribution in [2.45, 2.75) is 44.4 Å². The van der Waals surface area contributed by atoms with Crippen molar-refractivity contribution < 1.29 is 14.3 Å². The van der Waals surface area contributed by atoms with E-state index in [0.717, 1.165) is 29.7 Å². The topological polar surface area (TPSA) is 89.8 Å². The number of carbonyl (C=O) groups excluding carboxylic acids is 1. The average Bonchev–Trinajstić information content (AvgIpc) is 3.58. The second-order valence-corrected chi connectivity index (χ2v) is 8.33. The molecule has 1 aliphatic carbocycles. The number of ether oxygens (including phenoxy) is 2. The summed E-state index contributed by atoms with van der Waals surface area (Å²) in [4.78, 5) is 12.7. The lowest BCUT2D eigenvalue weighted by molar-refractivity contribution is 0.0956. The number of fused-ring (bicyclic) bond motifs is 1. The molecule has 3 aromatic rings. The number of nitrogens with one attached hydrogen (secondary N) is 2. The Morgan fingerprint density at radius 2 is 2.00 bits per heavy atom. The summed E-state index contributed by atoms with van der Waals surface area (Å²) in [6.07, 6.45) is 7.98. The van der Waals surface area contributed by atoms with Gasteiger partial charge in [0.2, 0.25) is 0 Å². The molecular formula is C25H27N5O3. The van der Waals surface area contributed by atoms with E-state index in [2.05, 4.69) is 33.1 Å². The van der Waals surface area contributed by atoms with E-state index in [4.69, 9.17) is 9.47 Å². The fourth-order valence-electron chi connectivity index (χ4n) is 4.37. The highest BCUT2D eigenvalue weighted by Gasteiger charge is 2.28. The Hall–Kier alpha value is -3.81. The molecule has 1 fully saturated rings. The van der Waals surface area contributed by atoms with E-state index < -0.39 is 0 Å². The van der Waals surface area contributed by atoms with Crippen molar-refractivity contribution in [1.82, 2.24) is 15.2 Å². The zero-order valence-corrected chi connectivity index (χ0v) is 18.5. The molecular weight excluding hydrogens is 418 g/mol. The van der Waals surface area contributed by atoms with Gasteiger partial charge < -0.3 is 14.8 Å². The third-order valence-electron chi connectivity index (χ3n) is 6.12. The molecule has 1 saturated carbocycles. The minimum Gasteiger partial charge on any atom is -0.493 e. The molecule has 33 heavy (non-hydrogen) atoms. The molecule has 8 nitrogen and oxygen atoms in total. The van der Waals surface area contributed by atoms with E-state index in [1.54, 1.807) is 19.5 Å². The fourth-order valence-corrected chi connectivity index (χ4v) is 4.37. The van der Waals surface area contributed by atoms with Crippen LogP contribution in [0.5, 0.6) is 11.5 Å². The van der Waals surface area contributed by atoms with E-state index in [0.29, 0.717) is 23.7 Å². The van der Waals surface area contributed by atoms with Crippen molar-refractivity contribution in [3.8, 4) is 11.5 Å². The zero-order chi connectivity index (χ0) is 22.6. The number of benzene rings is 2. The highest BCUT2D eigenvalue weighted by atomic mass is 16.5. The first-order valence-corrected chi connectivity index (χ1v) is 11.3. The van der Waals surface area contributed by atoms with Crippen molar-refractivity contribution in [2.24, 2.45) is 5.10 Å². The number of hydrogen-bond donors (Lipinski definition) is 2. The Kier molecular flexibility index (Phi) is 5.97. The number of carbonyl (C=O) groups is 1. The molecule has 2 aromatic carbocycles. The van der Waals surface area contributed by atoms with E-state index in [1.165, 1.54) is 12.8 Å². The van der Waals surface area contributed by atoms with Crippen LogP contribution in [0.4, 0.5) is 5.82 Å². The van der Waals surface area contributed by atoms with Crippen LogP contribution in [-0.2, 0) is 6.54 Å². The number of aromatic nitrogens is 2. The summed E-state index contributed by atoms with van der Waals surface area (Å²) in [6, 6.07) is 15.8. The van der Waals surface area contributed by atoms with Gasteiger partial charge in [-0.25, -0.2) is 10.1 Å². The number of rotatable bonds is 7. The Bertz CT molecular complexity index is 1150. The maximum absolute atomic E-state index is 12.7. The summed E-state index contributed by atoms with van der Waals surface area (Å²) >= 11 is 0. The Balaban J connectivity index is 1.22. The summed E-state index contributed by atoms with van der Waals surface area (Å²) in [7, 11) is 1.62. The highest BCUT2D eigenvalue weighted by Crippen LogP contribution is 2.32. The predicted molar refractivity (Wildman–Crippen MR) is 126 cm³/mol. The van der Waals surface area contributed by atoms with Gasteiger partial charge in [-0.1, -0.05) is 30.3 Å². The van der Waals surface area contributed by atoms with E-state index >= 15 is 0 Å². The van der Waals surface area contributed by atoms with Crippen molar-refractivity contribution in [3.63, 3.8) is 0 Å². The lowest BCUT2D eigenvalue weighted by Crippen LogP contribution is -2.18. The van der Waals surface area contributed by atoms with Crippen molar-refractivity contribution in [1.29, 1.82) is 0 Å². The summed E-state index contributed by atoms with van der Waals surface area (Å²) in [5.74, 6) is 1.77. The van der Waals surface area contributed by atoms with Crippen molar-refractivity contribution >= 4 is 17.9 Å². The van der Waals surface area contributed by atoms with Gasteiger partial charge in [0.25, 0.3) is 5.91 Å². The zero-order valence-electron chi connectivity index (χ0n) is 18.5. The minimum atomic E-state index is -0.318. The van der Waals surface area contributed by atoms with Gasteiger partial charge in [0, 0.05) is 0 Å². The van der Waals surface area contributed by atoms with Crippen LogP contribution in [-0.4, -0.2) is 35.1 Å². The van der Waals surface area contributed by atoms with Crippen LogP contribution in [0.1, 0.15) is 53.2 Å². The van der Waals surface area contributed by atoms with Gasteiger partial charge in [0.15, 0.2) is 11.5 Å². The molecule has 8 heteroatoms. The normalized spacial score (nSPS) is 17.7. The van der Waals surface area contributed by atoms with Crippen LogP contribution in [0.2, 0.25) is 0 Å². The van der Waals surface area contributed by atoms with Crippen LogP contribution in [0.25, 0.3) is 0 Å². The summed E-state index contributed by atoms with van der Waals surface area (Å²) in [5.41, 5.74) is 5.01. The van der Waals surface area contributed by atoms with Crippen molar-refractivity contribution in [3.05, 3.63) is 71.4 Å². The van der Waals surface area contributed by atoms with E-state index in [9.17, 15) is 4.79 Å². The van der Waals surface area contributed by atoms with Crippen molar-refractivity contribution in [2.75, 3.05) is 12.4 Å². The van der Waals surface area contributed by atoms with Gasteiger partial charge in [-0.15, -0.1) is 0 Å². The first kappa shape index (κ1) is 21.1. The monoisotopic (exact) mass is 445 g/mol. The van der Waals surface area contributed by atoms with Gasteiger partial charge in [0.1, 0.15) is 11.4 Å². The molecule has 2 heterocycles. The van der Waals surface area contributed by atoms with Gasteiger partial charge >= 0.3 is 0 Å². The molecule has 2 aliphatic rings. The number of hydrazone groups is 1. The van der Waals surface area contributed by atoms with Gasteiger partial charge in [-0.05, 0) is 55.0 Å². The third kappa shape index (κ3) is 4.55. The van der Waals surface area contributed by atoms with Crippen LogP contribution in [0.15, 0.2) is 59.8 Å². The Morgan fingerprint density at radius 1 is 1.18 bits per heavy atom. The van der Waals surface area contributed by atoms with Gasteiger partial charge in [-0.2, -0.15) is 10.2 Å². The first-order valence-electron chi connectivity index (χ1n) is 11.3. The molecule has 1 aromatic heterocycles. The van der Waals surface area contributed by atoms with Crippen LogP contribution in [0.3, 0.4) is 0 Å². The number of nitrogens with zero attached hydrogens (tertiary/aromatic N) is 3. The maximum Gasteiger partial charge on any atom is 0.276 e. The molecule has 0 saturated heterocycles. The molecule has 1 amide bonds. The van der Waals surface area contributed by atoms with Crippen LogP contribution >= 0.6 is 0 Å². The summed E-state index contributed by atoms with van der Waals surface area (Å²) in [6.45, 7) is 0.672. The molecule has 0 spiro atoms. The standard InChI is InChI=1S/C25H27N5O3/c1-32-23-13-17(11-12-22(23)33-19-9-5-6-10-19)14-26-29-25(31)20-15-27-30-16-21(28-24(20)30)18-7-3-2-4-8-18/h2-4,7-8,11-15,19,21,28H,5-6,9-10,16H2,1H3,(H,29,31)/b26-14+. The fraction of sp³-hybridized carbons (Fsp3) is 0.320. The molecule has 1 aliphatic heterocycles. The Labute approximate surface area is 192 Å². The second-order valence-electron chi connectivity index (χ2n) is 8.33. The second kappa shape index (κ2) is 9.36. The maximum atomic E-state index is 12.7. The molecule has 1 unspecified atom stereocenters. The van der Waals surface area contributed by atoms with Gasteiger partial charge in [-0.3, -0.25) is 4.79 Å². The first-order chi connectivity index (χ1) is 16.2. The van der Waals surface area contributed by atoms with Crippen LogP contribution < -0.4 is 20.2 Å². The molecule has 1 atom stereocenters. The molecule has 5 rings (SSSR count). The smallest absolute Gasteiger partial charge is 0.276 e. The third-order valence-corrected chi connectivity index (χ3v) is 6.12.